The zero-order valence-corrected chi connectivity index (χ0v) is 14.1. The van der Waals surface area contributed by atoms with E-state index in [-0.39, 0.29) is 0 Å². The third kappa shape index (κ3) is 3.03. The Bertz CT molecular complexity index is 519. The molecule has 3 aliphatic carbocycles. The van der Waals surface area contributed by atoms with Crippen molar-refractivity contribution in [3.8, 4) is 5.75 Å². The second-order valence-electron chi connectivity index (χ2n) is 7.80. The summed E-state index contributed by atoms with van der Waals surface area (Å²) >= 11 is 0. The molecular weight excluding hydrogens is 270 g/mol. The molecule has 22 heavy (non-hydrogen) atoms. The number of fused-ring (bicyclic) bond motifs is 1. The van der Waals surface area contributed by atoms with Crippen LogP contribution in [-0.4, -0.2) is 31.1 Å². The van der Waals surface area contributed by atoms with Crippen molar-refractivity contribution in [2.24, 2.45) is 11.8 Å². The summed E-state index contributed by atoms with van der Waals surface area (Å²) in [6.45, 7) is 5.16. The predicted molar refractivity (Wildman–Crippen MR) is 90.5 cm³/mol. The Labute approximate surface area is 134 Å². The van der Waals surface area contributed by atoms with Crippen LogP contribution < -0.4 is 4.74 Å². The molecular formula is C20H29NO. The molecule has 2 fully saturated rings. The molecule has 0 amide bonds. The lowest BCUT2D eigenvalue weighted by Crippen LogP contribution is -2.43. The Morgan fingerprint density at radius 1 is 1.05 bits per heavy atom. The molecule has 4 rings (SSSR count). The topological polar surface area (TPSA) is 12.5 Å². The zero-order chi connectivity index (χ0) is 15.1. The molecule has 2 saturated carbocycles. The number of benzene rings is 1. The highest BCUT2D eigenvalue weighted by Crippen LogP contribution is 2.40. The van der Waals surface area contributed by atoms with Gasteiger partial charge in [-0.25, -0.2) is 0 Å². The van der Waals surface area contributed by atoms with Crippen LogP contribution in [0.5, 0.6) is 5.75 Å². The van der Waals surface area contributed by atoms with Gasteiger partial charge < -0.3 is 4.74 Å². The minimum absolute atomic E-state index is 0.659. The van der Waals surface area contributed by atoms with Crippen LogP contribution in [0.2, 0.25) is 0 Å². The van der Waals surface area contributed by atoms with Crippen LogP contribution in [0.4, 0.5) is 0 Å². The lowest BCUT2D eigenvalue weighted by atomic mass is 9.79. The van der Waals surface area contributed by atoms with Crippen LogP contribution in [-0.2, 0) is 6.42 Å². The third-order valence-corrected chi connectivity index (χ3v) is 5.98. The largest absolute Gasteiger partial charge is 0.497 e. The first-order chi connectivity index (χ1) is 10.7. The molecule has 0 saturated heterocycles. The van der Waals surface area contributed by atoms with Gasteiger partial charge in [0.1, 0.15) is 5.75 Å². The molecule has 2 atom stereocenters. The number of methoxy groups -OCH3 is 1. The average molecular weight is 299 g/mol. The minimum Gasteiger partial charge on any atom is -0.497 e. The second kappa shape index (κ2) is 5.88. The molecule has 2 nitrogen and oxygen atoms in total. The first-order valence-electron chi connectivity index (χ1n) is 9.15. The molecule has 0 spiro atoms. The summed E-state index contributed by atoms with van der Waals surface area (Å²) in [5, 5.41) is 0. The van der Waals surface area contributed by atoms with Crippen molar-refractivity contribution in [2.45, 2.75) is 57.4 Å². The van der Waals surface area contributed by atoms with Gasteiger partial charge in [0.15, 0.2) is 0 Å². The average Bonchev–Trinajstić information content (AvgIpc) is 3.43. The molecule has 0 N–H and O–H groups in total. The minimum atomic E-state index is 0.659. The highest BCUT2D eigenvalue weighted by Gasteiger charge is 2.36. The van der Waals surface area contributed by atoms with Gasteiger partial charge in [0.25, 0.3) is 0 Å². The van der Waals surface area contributed by atoms with E-state index in [9.17, 15) is 0 Å². The van der Waals surface area contributed by atoms with E-state index in [0.717, 1.165) is 23.6 Å². The Morgan fingerprint density at radius 2 is 1.73 bits per heavy atom. The highest BCUT2D eigenvalue weighted by molar-refractivity contribution is 5.40. The van der Waals surface area contributed by atoms with Crippen molar-refractivity contribution in [3.05, 3.63) is 29.3 Å². The first kappa shape index (κ1) is 14.6. The SMILES string of the molecule is COc1ccc2c(c1)CCC(N(CC1CC1)CC1CC1)C2C. The maximum atomic E-state index is 5.40. The Hall–Kier alpha value is -1.02. The van der Waals surface area contributed by atoms with E-state index in [2.05, 4.69) is 30.0 Å². The normalized spacial score (nSPS) is 27.8. The van der Waals surface area contributed by atoms with Crippen LogP contribution in [0.3, 0.4) is 0 Å². The van der Waals surface area contributed by atoms with Crippen LogP contribution in [0.1, 0.15) is 56.1 Å². The lowest BCUT2D eigenvalue weighted by Gasteiger charge is -2.40. The summed E-state index contributed by atoms with van der Waals surface area (Å²) < 4.78 is 5.40. The first-order valence-corrected chi connectivity index (χ1v) is 9.15. The van der Waals surface area contributed by atoms with Gasteiger partial charge >= 0.3 is 0 Å². The van der Waals surface area contributed by atoms with Crippen LogP contribution in [0.25, 0.3) is 0 Å². The van der Waals surface area contributed by atoms with Gasteiger partial charge in [-0.05, 0) is 79.5 Å². The fourth-order valence-electron chi connectivity index (χ4n) is 4.24. The molecule has 0 aliphatic heterocycles. The summed E-state index contributed by atoms with van der Waals surface area (Å²) in [6, 6.07) is 7.47. The van der Waals surface area contributed by atoms with E-state index in [1.54, 1.807) is 12.7 Å². The zero-order valence-electron chi connectivity index (χ0n) is 14.1. The Kier molecular flexibility index (Phi) is 3.89. The number of rotatable bonds is 6. The van der Waals surface area contributed by atoms with Crippen molar-refractivity contribution < 1.29 is 4.74 Å². The molecule has 1 aromatic rings. The second-order valence-corrected chi connectivity index (χ2v) is 7.80. The number of hydrogen-bond donors (Lipinski definition) is 0. The monoisotopic (exact) mass is 299 g/mol. The van der Waals surface area contributed by atoms with Gasteiger partial charge in [0, 0.05) is 19.1 Å². The van der Waals surface area contributed by atoms with E-state index >= 15 is 0 Å². The van der Waals surface area contributed by atoms with Crippen molar-refractivity contribution in [2.75, 3.05) is 20.2 Å². The van der Waals surface area contributed by atoms with Crippen molar-refractivity contribution in [1.29, 1.82) is 0 Å². The van der Waals surface area contributed by atoms with Gasteiger partial charge in [0.2, 0.25) is 0 Å². The van der Waals surface area contributed by atoms with Gasteiger partial charge in [-0.1, -0.05) is 13.0 Å². The molecule has 0 aromatic heterocycles. The Morgan fingerprint density at radius 3 is 2.32 bits per heavy atom. The third-order valence-electron chi connectivity index (χ3n) is 5.98. The quantitative estimate of drug-likeness (QED) is 0.779. The van der Waals surface area contributed by atoms with E-state index in [0.29, 0.717) is 5.92 Å². The molecule has 1 aromatic carbocycles. The van der Waals surface area contributed by atoms with Gasteiger partial charge in [0.05, 0.1) is 7.11 Å². The highest BCUT2D eigenvalue weighted by atomic mass is 16.5. The molecule has 120 valence electrons. The van der Waals surface area contributed by atoms with E-state index < -0.39 is 0 Å². The van der Waals surface area contributed by atoms with Crippen LogP contribution in [0, 0.1) is 11.8 Å². The number of hydrogen-bond acceptors (Lipinski definition) is 2. The van der Waals surface area contributed by atoms with Crippen LogP contribution >= 0.6 is 0 Å². The van der Waals surface area contributed by atoms with Gasteiger partial charge in [-0.2, -0.15) is 0 Å². The van der Waals surface area contributed by atoms with E-state index in [1.165, 1.54) is 57.2 Å². The van der Waals surface area contributed by atoms with Crippen LogP contribution in [0.15, 0.2) is 18.2 Å². The van der Waals surface area contributed by atoms with Crippen molar-refractivity contribution in [1.82, 2.24) is 4.90 Å². The van der Waals surface area contributed by atoms with Crippen molar-refractivity contribution in [3.63, 3.8) is 0 Å². The van der Waals surface area contributed by atoms with E-state index in [1.807, 2.05) is 0 Å². The molecule has 3 aliphatic rings. The smallest absolute Gasteiger partial charge is 0.119 e. The molecule has 2 heteroatoms. The number of aryl methyl sites for hydroxylation is 1. The van der Waals surface area contributed by atoms with E-state index in [4.69, 9.17) is 4.74 Å². The summed E-state index contributed by atoms with van der Waals surface area (Å²) in [7, 11) is 1.77. The predicted octanol–water partition coefficient (Wildman–Crippen LogP) is 4.24. The fourth-order valence-corrected chi connectivity index (χ4v) is 4.24. The standard InChI is InChI=1S/C20H29NO/c1-14-19-9-8-18(22-2)11-17(19)7-10-20(14)21(12-15-3-4-15)13-16-5-6-16/h8-9,11,14-16,20H,3-7,10,12-13H2,1-2H3. The summed E-state index contributed by atoms with van der Waals surface area (Å²) in [5.41, 5.74) is 3.08. The van der Waals surface area contributed by atoms with Crippen molar-refractivity contribution >= 4 is 0 Å². The van der Waals surface area contributed by atoms with Gasteiger partial charge in [-0.3, -0.25) is 4.90 Å². The number of ether oxygens (including phenoxy) is 1. The summed E-state index contributed by atoms with van der Waals surface area (Å²) in [6.07, 6.45) is 8.41. The fraction of sp³-hybridized carbons (Fsp3) is 0.700. The molecule has 0 radical (unpaired) electrons. The van der Waals surface area contributed by atoms with Gasteiger partial charge in [-0.15, -0.1) is 0 Å². The summed E-state index contributed by atoms with van der Waals surface area (Å²) in [4.78, 5) is 2.87. The molecule has 2 unspecified atom stereocenters. The number of nitrogens with zero attached hydrogens (tertiary/aromatic N) is 1. The maximum Gasteiger partial charge on any atom is 0.119 e. The Balaban J connectivity index is 1.53. The molecule has 0 bridgehead atoms. The summed E-state index contributed by atoms with van der Waals surface area (Å²) in [5.74, 6) is 3.68. The lowest BCUT2D eigenvalue weighted by molar-refractivity contribution is 0.145. The molecule has 0 heterocycles. The maximum absolute atomic E-state index is 5.40.